The van der Waals surface area contributed by atoms with Crippen LogP contribution in [-0.4, -0.2) is 28.9 Å². The number of carbonyl (C=O) groups excluding carboxylic acids is 2. The lowest BCUT2D eigenvalue weighted by molar-refractivity contribution is -0.159. The Morgan fingerprint density at radius 1 is 0.949 bits per heavy atom. The van der Waals surface area contributed by atoms with Crippen molar-refractivity contribution in [3.63, 3.8) is 0 Å². The maximum absolute atomic E-state index is 11.4. The zero-order valence-electron chi connectivity index (χ0n) is 23.9. The molecule has 212 valence electrons. The number of benzene rings is 2. The highest BCUT2D eigenvalue weighted by Crippen LogP contribution is 2.36. The third-order valence-electron chi connectivity index (χ3n) is 6.10. The van der Waals surface area contributed by atoms with Gasteiger partial charge in [-0.1, -0.05) is 76.1 Å². The molecule has 1 aliphatic carbocycles. The number of rotatable bonds is 10. The van der Waals surface area contributed by atoms with E-state index in [0.717, 1.165) is 31.2 Å². The van der Waals surface area contributed by atoms with E-state index in [1.807, 2.05) is 49.4 Å². The highest BCUT2D eigenvalue weighted by Gasteiger charge is 2.35. The molecule has 3 rings (SSSR count). The topological polar surface area (TPSA) is 82.1 Å². The number of hydrogen-bond acceptors (Lipinski definition) is 6. The summed E-state index contributed by atoms with van der Waals surface area (Å²) in [4.78, 5) is 22.8. The first-order valence-electron chi connectivity index (χ1n) is 13.4. The molecular weight excluding hydrogens is 492 g/mol. The van der Waals surface area contributed by atoms with Crippen molar-refractivity contribution in [2.45, 2.75) is 84.5 Å². The number of para-hydroxylation sites is 2. The fourth-order valence-electron chi connectivity index (χ4n) is 3.74. The van der Waals surface area contributed by atoms with Crippen molar-refractivity contribution in [1.29, 1.82) is 0 Å². The Morgan fingerprint density at radius 3 is 1.97 bits per heavy atom. The van der Waals surface area contributed by atoms with E-state index in [4.69, 9.17) is 19.3 Å². The molecule has 6 nitrogen and oxygen atoms in total. The van der Waals surface area contributed by atoms with Gasteiger partial charge in [-0.2, -0.15) is 0 Å². The molecule has 1 aliphatic rings. The molecule has 0 aliphatic heterocycles. The fourth-order valence-corrected chi connectivity index (χ4v) is 3.74. The quantitative estimate of drug-likeness (QED) is 0.187. The van der Waals surface area contributed by atoms with E-state index in [1.165, 1.54) is 12.8 Å². The summed E-state index contributed by atoms with van der Waals surface area (Å²) in [7, 11) is 0. The number of carbonyl (C=O) groups is 2. The van der Waals surface area contributed by atoms with Crippen LogP contribution in [0.1, 0.15) is 78.2 Å². The average molecular weight is 537 g/mol. The summed E-state index contributed by atoms with van der Waals surface area (Å²) in [5.74, 6) is 0.330. The van der Waals surface area contributed by atoms with Crippen LogP contribution in [0.2, 0.25) is 0 Å². The van der Waals surface area contributed by atoms with Gasteiger partial charge < -0.3 is 19.3 Å². The number of aromatic hydroxyl groups is 1. The molecule has 0 heterocycles. The summed E-state index contributed by atoms with van der Waals surface area (Å²) in [5, 5.41) is 9.04. The SMILES string of the molecule is C=C(C)C(=O)OC(CCC)Oc1ccccc1.C=C(C)C(=O)OC1(CC)CCCC1.C=Cc1ccccc1O. The molecule has 2 aromatic carbocycles. The van der Waals surface area contributed by atoms with Gasteiger partial charge in [0.05, 0.1) is 0 Å². The van der Waals surface area contributed by atoms with Crippen LogP contribution in [0.4, 0.5) is 0 Å². The van der Waals surface area contributed by atoms with Crippen molar-refractivity contribution in [2.75, 3.05) is 0 Å². The minimum atomic E-state index is -0.549. The summed E-state index contributed by atoms with van der Waals surface area (Å²) >= 11 is 0. The van der Waals surface area contributed by atoms with E-state index in [2.05, 4.69) is 26.7 Å². The van der Waals surface area contributed by atoms with E-state index in [9.17, 15) is 9.59 Å². The van der Waals surface area contributed by atoms with Gasteiger partial charge in [-0.25, -0.2) is 9.59 Å². The second-order valence-corrected chi connectivity index (χ2v) is 9.51. The normalized spacial score (nSPS) is 13.7. The van der Waals surface area contributed by atoms with Crippen molar-refractivity contribution in [2.24, 2.45) is 0 Å². The molecule has 1 saturated carbocycles. The molecule has 1 unspecified atom stereocenters. The third-order valence-corrected chi connectivity index (χ3v) is 6.10. The first kappa shape index (κ1) is 33.2. The monoisotopic (exact) mass is 536 g/mol. The number of hydrogen-bond donors (Lipinski definition) is 1. The summed E-state index contributed by atoms with van der Waals surface area (Å²) in [5.41, 5.74) is 1.48. The summed E-state index contributed by atoms with van der Waals surface area (Å²) < 4.78 is 16.3. The lowest BCUT2D eigenvalue weighted by Crippen LogP contribution is -2.31. The zero-order valence-corrected chi connectivity index (χ0v) is 23.9. The van der Waals surface area contributed by atoms with Gasteiger partial charge in [-0.15, -0.1) is 0 Å². The van der Waals surface area contributed by atoms with E-state index in [-0.39, 0.29) is 17.3 Å². The van der Waals surface area contributed by atoms with E-state index >= 15 is 0 Å². The Hall–Kier alpha value is -3.80. The lowest BCUT2D eigenvalue weighted by Gasteiger charge is -2.27. The first-order valence-corrected chi connectivity index (χ1v) is 13.4. The van der Waals surface area contributed by atoms with Crippen molar-refractivity contribution < 1.29 is 28.9 Å². The Kier molecular flexibility index (Phi) is 15.0. The molecule has 6 heteroatoms. The van der Waals surface area contributed by atoms with Gasteiger partial charge in [-0.05, 0) is 70.6 Å². The highest BCUT2D eigenvalue weighted by atomic mass is 16.7. The molecule has 0 aromatic heterocycles. The second-order valence-electron chi connectivity index (χ2n) is 9.51. The maximum Gasteiger partial charge on any atom is 0.336 e. The van der Waals surface area contributed by atoms with Gasteiger partial charge >= 0.3 is 11.9 Å². The van der Waals surface area contributed by atoms with Crippen LogP contribution in [0, 0.1) is 0 Å². The molecule has 1 N–H and O–H groups in total. The highest BCUT2D eigenvalue weighted by molar-refractivity contribution is 5.87. The molecule has 2 aromatic rings. The third kappa shape index (κ3) is 12.5. The fraction of sp³-hybridized carbons (Fsp3) is 0.394. The number of phenols is 1. The molecule has 0 radical (unpaired) electrons. The molecular formula is C33H44O6. The van der Waals surface area contributed by atoms with Crippen molar-refractivity contribution in [3.8, 4) is 11.5 Å². The van der Waals surface area contributed by atoms with Gasteiger partial charge in [0.25, 0.3) is 0 Å². The van der Waals surface area contributed by atoms with E-state index < -0.39 is 12.3 Å². The summed E-state index contributed by atoms with van der Waals surface area (Å²) in [6, 6.07) is 16.4. The van der Waals surface area contributed by atoms with Gasteiger partial charge in [-0.3, -0.25) is 0 Å². The molecule has 0 bridgehead atoms. The predicted molar refractivity (Wildman–Crippen MR) is 157 cm³/mol. The second kappa shape index (κ2) is 17.7. The number of phenolic OH excluding ortho intramolecular Hbond substituents is 1. The van der Waals surface area contributed by atoms with Gasteiger partial charge in [0.1, 0.15) is 17.1 Å². The Labute approximate surface area is 234 Å². The minimum absolute atomic E-state index is 0.171. The molecule has 0 amide bonds. The van der Waals surface area contributed by atoms with Crippen LogP contribution in [-0.2, 0) is 19.1 Å². The van der Waals surface area contributed by atoms with Crippen LogP contribution in [0.3, 0.4) is 0 Å². The average Bonchev–Trinajstić information content (AvgIpc) is 3.39. The van der Waals surface area contributed by atoms with Crippen LogP contribution in [0.25, 0.3) is 6.08 Å². The predicted octanol–water partition coefficient (Wildman–Crippen LogP) is 8.17. The van der Waals surface area contributed by atoms with Crippen LogP contribution >= 0.6 is 0 Å². The van der Waals surface area contributed by atoms with Crippen molar-refractivity contribution in [1.82, 2.24) is 0 Å². The molecule has 39 heavy (non-hydrogen) atoms. The van der Waals surface area contributed by atoms with Crippen molar-refractivity contribution >= 4 is 18.0 Å². The van der Waals surface area contributed by atoms with Crippen LogP contribution in [0.5, 0.6) is 11.5 Å². The first-order chi connectivity index (χ1) is 18.6. The maximum atomic E-state index is 11.4. The lowest BCUT2D eigenvalue weighted by atomic mass is 9.99. The molecule has 0 spiro atoms. The van der Waals surface area contributed by atoms with Gasteiger partial charge in [0.2, 0.25) is 6.29 Å². The van der Waals surface area contributed by atoms with Crippen LogP contribution < -0.4 is 4.74 Å². The standard InChI is InChI=1S/C14H18O3.C11H18O2.C8H8O/c1-4-8-13(17-14(15)11(2)3)16-12-9-6-5-7-10-12;1-4-11(7-5-6-8-11)13-10(12)9(2)3;1-2-7-5-3-4-6-8(7)9/h5-7,9-10,13H,2,4,8H2,1,3H3;2,4-8H2,1,3H3;2-6,9H,1H2. The smallest absolute Gasteiger partial charge is 0.336 e. The Bertz CT molecular complexity index is 1070. The van der Waals surface area contributed by atoms with Crippen molar-refractivity contribution in [3.05, 3.63) is 91.0 Å². The van der Waals surface area contributed by atoms with Crippen LogP contribution in [0.15, 0.2) is 85.5 Å². The Balaban J connectivity index is 0.000000307. The number of esters is 2. The zero-order chi connectivity index (χ0) is 29.3. The summed E-state index contributed by atoms with van der Waals surface area (Å²) in [6.07, 6.45) is 7.92. The van der Waals surface area contributed by atoms with Gasteiger partial charge in [0, 0.05) is 23.1 Å². The molecule has 1 fully saturated rings. The largest absolute Gasteiger partial charge is 0.507 e. The van der Waals surface area contributed by atoms with E-state index in [0.29, 0.717) is 23.3 Å². The molecule has 0 saturated heterocycles. The molecule has 1 atom stereocenters. The minimum Gasteiger partial charge on any atom is -0.507 e. The van der Waals surface area contributed by atoms with Gasteiger partial charge in [0.15, 0.2) is 0 Å². The van der Waals surface area contributed by atoms with E-state index in [1.54, 1.807) is 32.1 Å². The Morgan fingerprint density at radius 2 is 1.51 bits per heavy atom. The summed E-state index contributed by atoms with van der Waals surface area (Å²) in [6.45, 7) is 18.1. The number of ether oxygens (including phenoxy) is 3.